The van der Waals surface area contributed by atoms with Gasteiger partial charge < -0.3 is 14.9 Å². The summed E-state index contributed by atoms with van der Waals surface area (Å²) >= 11 is 0. The van der Waals surface area contributed by atoms with Crippen molar-refractivity contribution in [2.75, 3.05) is 0 Å². The fraction of sp³-hybridized carbons (Fsp3) is 1.00. The highest BCUT2D eigenvalue weighted by Crippen LogP contribution is 2.38. The van der Waals surface area contributed by atoms with Crippen LogP contribution < -0.4 is 0 Å². The second-order valence-corrected chi connectivity index (χ2v) is 3.90. The van der Waals surface area contributed by atoms with Gasteiger partial charge in [0.05, 0.1) is 0 Å². The SMILES string of the molecule is CC(O)P(=O)(O)O.O=[P+](O)O.[AlH3]. The number of rotatable bonds is 1. The van der Waals surface area contributed by atoms with Gasteiger partial charge in [-0.15, -0.1) is 9.79 Å². The monoisotopic (exact) mass is 237 g/mol. The second kappa shape index (κ2) is 8.27. The van der Waals surface area contributed by atoms with Crippen molar-refractivity contribution in [2.24, 2.45) is 0 Å². The molecule has 10 heteroatoms. The zero-order valence-corrected chi connectivity index (χ0v) is 7.31. The predicted molar refractivity (Wildman–Crippen MR) is 45.7 cm³/mol. The number of aliphatic hydroxyl groups excluding tert-OH is 1. The summed E-state index contributed by atoms with van der Waals surface area (Å²) in [4.78, 5) is 30.2. The highest BCUT2D eigenvalue weighted by molar-refractivity contribution is 7.52. The van der Waals surface area contributed by atoms with Gasteiger partial charge in [-0.25, -0.2) is 0 Å². The zero-order valence-electron chi connectivity index (χ0n) is 5.52. The minimum absolute atomic E-state index is 0. The molecule has 0 amide bonds. The maximum atomic E-state index is 9.78. The average molecular weight is 237 g/mol. The molecular formula is C2H12AlO7P2+. The van der Waals surface area contributed by atoms with E-state index in [9.17, 15) is 4.57 Å². The summed E-state index contributed by atoms with van der Waals surface area (Å²) in [5.74, 6) is -1.53. The molecule has 0 aromatic heterocycles. The van der Waals surface area contributed by atoms with Crippen LogP contribution in [0.3, 0.4) is 0 Å². The Morgan fingerprint density at radius 2 is 1.42 bits per heavy atom. The molecule has 1 unspecified atom stereocenters. The number of aliphatic hydroxyl groups is 1. The van der Waals surface area contributed by atoms with E-state index in [0.717, 1.165) is 6.92 Å². The Hall–Kier alpha value is 0.662. The standard InChI is InChI=1S/C2H7O4P.Al.HO3P.3H/c1-2(3)7(4,5)6;;1-4(2)3;;;/h2-3H,1H3,(H2,4,5,6);;(H-,1,2,3);;;/p+1. The molecule has 0 aliphatic rings. The average Bonchev–Trinajstić information content (AvgIpc) is 1.59. The highest BCUT2D eigenvalue weighted by Gasteiger charge is 2.19. The van der Waals surface area contributed by atoms with Crippen LogP contribution in [0, 0.1) is 0 Å². The van der Waals surface area contributed by atoms with Crippen molar-refractivity contribution in [3.8, 4) is 0 Å². The third-order valence-electron chi connectivity index (χ3n) is 0.487. The van der Waals surface area contributed by atoms with Crippen LogP contribution >= 0.6 is 15.9 Å². The lowest BCUT2D eigenvalue weighted by atomic mass is 10.9. The predicted octanol–water partition coefficient (Wildman–Crippen LogP) is -2.05. The van der Waals surface area contributed by atoms with Gasteiger partial charge in [-0.05, 0) is 6.92 Å². The summed E-state index contributed by atoms with van der Waals surface area (Å²) in [7, 11) is -7.05. The van der Waals surface area contributed by atoms with Gasteiger partial charge >= 0.3 is 15.9 Å². The van der Waals surface area contributed by atoms with Gasteiger partial charge in [0.25, 0.3) is 0 Å². The lowest BCUT2D eigenvalue weighted by Gasteiger charge is -2.03. The lowest BCUT2D eigenvalue weighted by molar-refractivity contribution is 0.218. The van der Waals surface area contributed by atoms with Crippen molar-refractivity contribution < 1.29 is 33.8 Å². The van der Waals surface area contributed by atoms with Crippen LogP contribution in [0.1, 0.15) is 6.92 Å². The zero-order chi connectivity index (χ0) is 9.65. The van der Waals surface area contributed by atoms with Crippen LogP contribution in [0.5, 0.6) is 0 Å². The maximum Gasteiger partial charge on any atom is 0.692 e. The highest BCUT2D eigenvalue weighted by atomic mass is 31.2. The molecule has 0 spiro atoms. The molecule has 0 fully saturated rings. The van der Waals surface area contributed by atoms with Crippen molar-refractivity contribution in [1.82, 2.24) is 0 Å². The molecule has 74 valence electrons. The third-order valence-corrected chi connectivity index (χ3v) is 1.46. The lowest BCUT2D eigenvalue weighted by Crippen LogP contribution is -1.98. The first-order valence-corrected chi connectivity index (χ1v) is 5.11. The molecule has 7 nitrogen and oxygen atoms in total. The first-order chi connectivity index (χ1) is 4.68. The van der Waals surface area contributed by atoms with Crippen molar-refractivity contribution in [1.29, 1.82) is 0 Å². The van der Waals surface area contributed by atoms with Crippen LogP contribution in [-0.4, -0.2) is 47.9 Å². The maximum absolute atomic E-state index is 9.78. The molecule has 0 heterocycles. The molecule has 0 saturated heterocycles. The van der Waals surface area contributed by atoms with E-state index in [1.54, 1.807) is 0 Å². The van der Waals surface area contributed by atoms with Crippen LogP contribution in [0.25, 0.3) is 0 Å². The van der Waals surface area contributed by atoms with E-state index in [-0.39, 0.29) is 17.4 Å². The Morgan fingerprint density at radius 1 is 1.33 bits per heavy atom. The van der Waals surface area contributed by atoms with E-state index < -0.39 is 21.7 Å². The fourth-order valence-electron chi connectivity index (χ4n) is 0. The Bertz CT molecular complexity index is 159. The minimum atomic E-state index is -4.18. The van der Waals surface area contributed by atoms with Gasteiger partial charge in [0.15, 0.2) is 23.2 Å². The summed E-state index contributed by atoms with van der Waals surface area (Å²) in [5, 5.41) is 8.13. The van der Waals surface area contributed by atoms with Crippen molar-refractivity contribution in [3.63, 3.8) is 0 Å². The van der Waals surface area contributed by atoms with Crippen molar-refractivity contribution in [2.45, 2.75) is 12.8 Å². The van der Waals surface area contributed by atoms with Gasteiger partial charge in [-0.3, -0.25) is 4.57 Å². The van der Waals surface area contributed by atoms with Gasteiger partial charge in [0, 0.05) is 4.57 Å². The minimum Gasteiger partial charge on any atom is -0.381 e. The van der Waals surface area contributed by atoms with Gasteiger partial charge in [-0.2, -0.15) is 0 Å². The van der Waals surface area contributed by atoms with E-state index in [4.69, 9.17) is 29.2 Å². The molecule has 5 N–H and O–H groups in total. The topological polar surface area (TPSA) is 135 Å². The Labute approximate surface area is 80.3 Å². The summed E-state index contributed by atoms with van der Waals surface area (Å²) in [6, 6.07) is 0. The smallest absolute Gasteiger partial charge is 0.381 e. The molecular weight excluding hydrogens is 225 g/mol. The number of hydrogen-bond acceptors (Lipinski definition) is 3. The first kappa shape index (κ1) is 18.4. The van der Waals surface area contributed by atoms with E-state index in [2.05, 4.69) is 0 Å². The summed E-state index contributed by atoms with van der Waals surface area (Å²) < 4.78 is 18.5. The van der Waals surface area contributed by atoms with E-state index in [1.165, 1.54) is 0 Å². The molecule has 12 heavy (non-hydrogen) atoms. The molecule has 0 radical (unpaired) electrons. The van der Waals surface area contributed by atoms with Crippen LogP contribution in [0.15, 0.2) is 0 Å². The summed E-state index contributed by atoms with van der Waals surface area (Å²) in [6.07, 6.45) is 0. The van der Waals surface area contributed by atoms with Crippen LogP contribution in [-0.2, 0) is 9.13 Å². The van der Waals surface area contributed by atoms with E-state index in [1.807, 2.05) is 0 Å². The molecule has 0 rings (SSSR count). The Morgan fingerprint density at radius 3 is 1.42 bits per heavy atom. The van der Waals surface area contributed by atoms with Crippen molar-refractivity contribution in [3.05, 3.63) is 0 Å². The molecule has 0 aromatic carbocycles. The fourth-order valence-corrected chi connectivity index (χ4v) is 0. The van der Waals surface area contributed by atoms with E-state index >= 15 is 0 Å². The Balaban J connectivity index is -0.000000142. The molecule has 0 aliphatic heterocycles. The largest absolute Gasteiger partial charge is 0.692 e. The number of hydrogen-bond donors (Lipinski definition) is 5. The van der Waals surface area contributed by atoms with E-state index in [0.29, 0.717) is 0 Å². The van der Waals surface area contributed by atoms with Gasteiger partial charge in [0.2, 0.25) is 0 Å². The second-order valence-electron chi connectivity index (χ2n) is 1.47. The molecule has 0 saturated carbocycles. The summed E-state index contributed by atoms with van der Waals surface area (Å²) in [5.41, 5.74) is 0. The van der Waals surface area contributed by atoms with Gasteiger partial charge in [-0.1, -0.05) is 0 Å². The third kappa shape index (κ3) is 22.4. The molecule has 0 aliphatic carbocycles. The van der Waals surface area contributed by atoms with Gasteiger partial charge in [0.1, 0.15) is 0 Å². The van der Waals surface area contributed by atoms with Crippen LogP contribution in [0.2, 0.25) is 0 Å². The molecule has 1 atom stereocenters. The summed E-state index contributed by atoms with van der Waals surface area (Å²) in [6.45, 7) is 1.04. The normalized spacial score (nSPS) is 11.8. The molecule has 0 aromatic rings. The van der Waals surface area contributed by atoms with Crippen LogP contribution in [0.4, 0.5) is 0 Å². The quantitative estimate of drug-likeness (QED) is 0.261. The Kier molecular flexibility index (Phi) is 12.7. The first-order valence-electron chi connectivity index (χ1n) is 2.26. The molecule has 0 bridgehead atoms. The van der Waals surface area contributed by atoms with Crippen molar-refractivity contribution >= 4 is 33.2 Å².